The van der Waals surface area contributed by atoms with Crippen LogP contribution in [0.25, 0.3) is 0 Å². The van der Waals surface area contributed by atoms with E-state index < -0.39 is 26.8 Å². The second-order valence-corrected chi connectivity index (χ2v) is 3.86. The van der Waals surface area contributed by atoms with E-state index in [0.29, 0.717) is 12.1 Å². The lowest BCUT2D eigenvalue weighted by molar-refractivity contribution is -0.140. The number of alkyl halides is 3. The predicted molar refractivity (Wildman–Crippen MR) is 46.3 cm³/mol. The summed E-state index contributed by atoms with van der Waals surface area (Å²) in [6, 6.07) is 3.41. The van der Waals surface area contributed by atoms with Crippen LogP contribution in [0.2, 0.25) is 0 Å². The molecule has 1 aromatic carbocycles. The van der Waals surface area contributed by atoms with Gasteiger partial charge in [0.25, 0.3) is 10.1 Å². The average Bonchev–Trinajstić information content (AvgIpc) is 2.01. The first-order valence-electron chi connectivity index (χ1n) is 3.36. The Labute approximate surface area is 84.1 Å². The van der Waals surface area contributed by atoms with Crippen molar-refractivity contribution in [3.63, 3.8) is 0 Å². The smallest absolute Gasteiger partial charge is 0.344 e. The summed E-state index contributed by atoms with van der Waals surface area (Å²) in [6.07, 6.45) is -4.80. The molecule has 0 saturated carbocycles. The van der Waals surface area contributed by atoms with Gasteiger partial charge in [-0.3, -0.25) is 4.55 Å². The maximum atomic E-state index is 12.2. The monoisotopic (exact) mass is 243 g/mol. The zero-order chi connectivity index (χ0) is 11.0. The molecule has 86 valence electrons. The number of benzene rings is 1. The minimum absolute atomic E-state index is 0. The van der Waals surface area contributed by atoms with E-state index >= 15 is 0 Å². The standard InChI is InChI=1S/C7H5F3O3S.H3N/c8-7(9,10)5-3-1-2-4-6(5)14(11,12)13;/h1-4H,(H,11,12,13);1H3. The highest BCUT2D eigenvalue weighted by Gasteiger charge is 2.36. The zero-order valence-electron chi connectivity index (χ0n) is 7.32. The van der Waals surface area contributed by atoms with Crippen LogP contribution in [0.15, 0.2) is 29.2 Å². The van der Waals surface area contributed by atoms with Gasteiger partial charge in [-0.25, -0.2) is 0 Å². The molecule has 0 spiro atoms. The van der Waals surface area contributed by atoms with Crippen LogP contribution in [0, 0.1) is 0 Å². The third kappa shape index (κ3) is 3.18. The maximum absolute atomic E-state index is 12.2. The molecule has 8 heteroatoms. The molecule has 0 heterocycles. The molecule has 0 fully saturated rings. The topological polar surface area (TPSA) is 89.4 Å². The van der Waals surface area contributed by atoms with Crippen LogP contribution < -0.4 is 6.15 Å². The van der Waals surface area contributed by atoms with Crippen molar-refractivity contribution in [3.05, 3.63) is 29.8 Å². The summed E-state index contributed by atoms with van der Waals surface area (Å²) >= 11 is 0. The molecule has 4 nitrogen and oxygen atoms in total. The van der Waals surface area contributed by atoms with Gasteiger partial charge < -0.3 is 6.15 Å². The average molecular weight is 243 g/mol. The fourth-order valence-electron chi connectivity index (χ4n) is 0.926. The van der Waals surface area contributed by atoms with Crippen LogP contribution in [0.3, 0.4) is 0 Å². The first-order chi connectivity index (χ1) is 6.23. The molecule has 0 aliphatic carbocycles. The van der Waals surface area contributed by atoms with Gasteiger partial charge in [0.2, 0.25) is 0 Å². The van der Waals surface area contributed by atoms with Crippen LogP contribution in [-0.2, 0) is 16.3 Å². The van der Waals surface area contributed by atoms with Crippen LogP contribution in [0.1, 0.15) is 5.56 Å². The van der Waals surface area contributed by atoms with Crippen molar-refractivity contribution >= 4 is 10.1 Å². The van der Waals surface area contributed by atoms with Crippen molar-refractivity contribution in [2.75, 3.05) is 0 Å². The molecule has 0 unspecified atom stereocenters. The van der Waals surface area contributed by atoms with E-state index in [0.717, 1.165) is 12.1 Å². The number of rotatable bonds is 1. The van der Waals surface area contributed by atoms with Gasteiger partial charge in [0.05, 0.1) is 5.56 Å². The van der Waals surface area contributed by atoms with Crippen molar-refractivity contribution in [2.24, 2.45) is 0 Å². The van der Waals surface area contributed by atoms with E-state index in [1.54, 1.807) is 0 Å². The van der Waals surface area contributed by atoms with Crippen molar-refractivity contribution < 1.29 is 26.1 Å². The molecule has 1 rings (SSSR count). The number of halogens is 3. The lowest BCUT2D eigenvalue weighted by Gasteiger charge is -2.09. The van der Waals surface area contributed by atoms with E-state index in [9.17, 15) is 21.6 Å². The van der Waals surface area contributed by atoms with Crippen LogP contribution in [-0.4, -0.2) is 13.0 Å². The summed E-state index contributed by atoms with van der Waals surface area (Å²) in [7, 11) is -4.84. The van der Waals surface area contributed by atoms with Crippen LogP contribution >= 0.6 is 0 Å². The molecule has 0 radical (unpaired) electrons. The quantitative estimate of drug-likeness (QED) is 0.739. The largest absolute Gasteiger partial charge is 0.417 e. The summed E-state index contributed by atoms with van der Waals surface area (Å²) in [4.78, 5) is -1.13. The maximum Gasteiger partial charge on any atom is 0.417 e. The normalized spacial score (nSPS) is 12.0. The Morgan fingerprint density at radius 2 is 1.60 bits per heavy atom. The number of hydrogen-bond donors (Lipinski definition) is 2. The van der Waals surface area contributed by atoms with E-state index in [2.05, 4.69) is 0 Å². The lowest BCUT2D eigenvalue weighted by atomic mass is 10.2. The van der Waals surface area contributed by atoms with Gasteiger partial charge in [0, 0.05) is 0 Å². The van der Waals surface area contributed by atoms with E-state index in [1.807, 2.05) is 0 Å². The highest BCUT2D eigenvalue weighted by atomic mass is 32.2. The number of hydrogen-bond acceptors (Lipinski definition) is 3. The highest BCUT2D eigenvalue weighted by molar-refractivity contribution is 7.85. The zero-order valence-corrected chi connectivity index (χ0v) is 8.14. The molecule has 0 aliphatic heterocycles. The summed E-state index contributed by atoms with van der Waals surface area (Å²) in [6.45, 7) is 0. The Bertz CT molecular complexity index is 441. The molecule has 0 saturated heterocycles. The molecule has 0 aromatic heterocycles. The van der Waals surface area contributed by atoms with E-state index in [1.165, 1.54) is 0 Å². The molecule has 0 atom stereocenters. The molecular weight excluding hydrogens is 235 g/mol. The Morgan fingerprint density at radius 3 is 1.93 bits per heavy atom. The van der Waals surface area contributed by atoms with Gasteiger partial charge >= 0.3 is 6.18 Å². The molecule has 4 N–H and O–H groups in total. The van der Waals surface area contributed by atoms with E-state index in [4.69, 9.17) is 4.55 Å². The highest BCUT2D eigenvalue weighted by Crippen LogP contribution is 2.33. The molecule has 0 amide bonds. The van der Waals surface area contributed by atoms with Gasteiger partial charge in [-0.2, -0.15) is 21.6 Å². The van der Waals surface area contributed by atoms with Crippen molar-refractivity contribution in [1.29, 1.82) is 0 Å². The Kier molecular flexibility index (Phi) is 3.86. The summed E-state index contributed by atoms with van der Waals surface area (Å²) < 4.78 is 66.2. The summed E-state index contributed by atoms with van der Waals surface area (Å²) in [5, 5.41) is 0. The minimum Gasteiger partial charge on any atom is -0.344 e. The SMILES string of the molecule is N.O=S(=O)(O)c1ccccc1C(F)(F)F. The molecular formula is C7H8F3NO3S. The van der Waals surface area contributed by atoms with Gasteiger partial charge in [-0.05, 0) is 12.1 Å². The Hall–Kier alpha value is -1.12. The van der Waals surface area contributed by atoms with Crippen molar-refractivity contribution in [2.45, 2.75) is 11.1 Å². The van der Waals surface area contributed by atoms with Gasteiger partial charge in [0.15, 0.2) is 0 Å². The third-order valence-corrected chi connectivity index (χ3v) is 2.38. The van der Waals surface area contributed by atoms with Crippen molar-refractivity contribution in [3.8, 4) is 0 Å². The van der Waals surface area contributed by atoms with Crippen LogP contribution in [0.4, 0.5) is 13.2 Å². The second-order valence-electron chi connectivity index (χ2n) is 2.47. The molecule has 0 aliphatic rings. The first kappa shape index (κ1) is 13.9. The van der Waals surface area contributed by atoms with Crippen LogP contribution in [0.5, 0.6) is 0 Å². The van der Waals surface area contributed by atoms with Crippen molar-refractivity contribution in [1.82, 2.24) is 6.15 Å². The van der Waals surface area contributed by atoms with Gasteiger partial charge in [0.1, 0.15) is 4.90 Å². The van der Waals surface area contributed by atoms with Gasteiger partial charge in [-0.15, -0.1) is 0 Å². The summed E-state index contributed by atoms with van der Waals surface area (Å²) in [5.74, 6) is 0. The fraction of sp³-hybridized carbons (Fsp3) is 0.143. The third-order valence-electron chi connectivity index (χ3n) is 1.47. The van der Waals surface area contributed by atoms with Gasteiger partial charge in [-0.1, -0.05) is 12.1 Å². The Morgan fingerprint density at radius 1 is 1.13 bits per heavy atom. The first-order valence-corrected chi connectivity index (χ1v) is 4.80. The summed E-state index contributed by atoms with van der Waals surface area (Å²) in [5.41, 5.74) is -1.37. The molecule has 0 bridgehead atoms. The fourth-order valence-corrected chi connectivity index (χ4v) is 1.64. The van der Waals surface area contributed by atoms with E-state index in [-0.39, 0.29) is 6.15 Å². The second kappa shape index (κ2) is 4.17. The Balaban J connectivity index is 0.00000196. The molecule has 15 heavy (non-hydrogen) atoms. The lowest BCUT2D eigenvalue weighted by Crippen LogP contribution is -2.12. The minimum atomic E-state index is -4.84. The predicted octanol–water partition coefficient (Wildman–Crippen LogP) is 2.11. The molecule has 1 aromatic rings.